The number of anilines is 1. The summed E-state index contributed by atoms with van der Waals surface area (Å²) in [7, 11) is 1.60. The zero-order valence-corrected chi connectivity index (χ0v) is 19.2. The average molecular weight is 495 g/mol. The number of alkyl halides is 5. The zero-order valence-electron chi connectivity index (χ0n) is 19.2. The van der Waals surface area contributed by atoms with Crippen molar-refractivity contribution >= 4 is 23.0 Å². The van der Waals surface area contributed by atoms with Gasteiger partial charge >= 0.3 is 6.18 Å². The summed E-state index contributed by atoms with van der Waals surface area (Å²) in [6.07, 6.45) is -2.86. The minimum Gasteiger partial charge on any atom is -0.393 e. The van der Waals surface area contributed by atoms with Crippen LogP contribution in [0.5, 0.6) is 0 Å². The van der Waals surface area contributed by atoms with Crippen molar-refractivity contribution < 1.29 is 26.7 Å². The first-order valence-corrected chi connectivity index (χ1v) is 10.9. The van der Waals surface area contributed by atoms with Crippen molar-refractivity contribution in [3.05, 3.63) is 66.0 Å². The number of benzene rings is 1. The lowest BCUT2D eigenvalue weighted by Crippen LogP contribution is -2.58. The molecule has 188 valence electrons. The summed E-state index contributed by atoms with van der Waals surface area (Å²) >= 11 is 0. The Morgan fingerprint density at radius 3 is 2.49 bits per heavy atom. The number of aromatic nitrogens is 1. The molecule has 35 heavy (non-hydrogen) atoms. The fraction of sp³-hybridized carbons (Fsp3) is 0.375. The Balaban J connectivity index is 1.83. The molecule has 2 aromatic rings. The Morgan fingerprint density at radius 1 is 1.23 bits per heavy atom. The molecule has 1 fully saturated rings. The van der Waals surface area contributed by atoms with Crippen LogP contribution in [0.4, 0.5) is 27.8 Å². The second kappa shape index (κ2) is 10.4. The number of hydrogen-bond acceptors (Lipinski definition) is 5. The highest BCUT2D eigenvalue weighted by molar-refractivity contribution is 6.54. The summed E-state index contributed by atoms with van der Waals surface area (Å²) in [5, 5.41) is 14.1. The number of rotatable bonds is 7. The summed E-state index contributed by atoms with van der Waals surface area (Å²) < 4.78 is 67.2. The molecule has 6 nitrogen and oxygen atoms in total. The number of piperidine rings is 1. The van der Waals surface area contributed by atoms with Gasteiger partial charge in [-0.15, -0.1) is 0 Å². The predicted molar refractivity (Wildman–Crippen MR) is 123 cm³/mol. The lowest BCUT2D eigenvalue weighted by Gasteiger charge is -2.43. The van der Waals surface area contributed by atoms with Crippen molar-refractivity contribution in [2.24, 2.45) is 5.92 Å². The molecular formula is C24H26F5N5O. The van der Waals surface area contributed by atoms with Gasteiger partial charge < -0.3 is 15.5 Å². The number of hydrogen-bond donors (Lipinski definition) is 3. The smallest absolute Gasteiger partial charge is 0.393 e. The fourth-order valence-electron chi connectivity index (χ4n) is 4.08. The minimum atomic E-state index is -4.53. The number of carbonyl (C=O) groups excluding carboxylic acids is 1. The molecule has 1 aromatic carbocycles. The van der Waals surface area contributed by atoms with Crippen LogP contribution in [0.15, 0.2) is 54.9 Å². The third-order valence-corrected chi connectivity index (χ3v) is 5.78. The number of likely N-dealkylation sites (tertiary alicyclic amines) is 1. The van der Waals surface area contributed by atoms with E-state index in [9.17, 15) is 26.7 Å². The Kier molecular flexibility index (Phi) is 7.76. The van der Waals surface area contributed by atoms with Crippen molar-refractivity contribution in [2.45, 2.75) is 31.5 Å². The topological polar surface area (TPSA) is 81.1 Å². The maximum absolute atomic E-state index is 14.5. The van der Waals surface area contributed by atoms with Crippen LogP contribution in [0.2, 0.25) is 0 Å². The summed E-state index contributed by atoms with van der Waals surface area (Å²) in [6.45, 7) is 0.684. The van der Waals surface area contributed by atoms with Gasteiger partial charge in [-0.05, 0) is 23.6 Å². The van der Waals surface area contributed by atoms with Crippen LogP contribution in [-0.2, 0) is 11.0 Å². The molecule has 0 radical (unpaired) electrons. The van der Waals surface area contributed by atoms with Crippen LogP contribution in [0.25, 0.3) is 5.57 Å². The van der Waals surface area contributed by atoms with E-state index in [4.69, 9.17) is 5.41 Å². The zero-order chi connectivity index (χ0) is 25.8. The molecule has 2 unspecified atom stereocenters. The number of carbonyl (C=O) groups is 1. The monoisotopic (exact) mass is 495 g/mol. The molecule has 1 amide bonds. The molecule has 0 aliphatic carbocycles. The van der Waals surface area contributed by atoms with Crippen LogP contribution in [-0.4, -0.2) is 53.6 Å². The van der Waals surface area contributed by atoms with Crippen LogP contribution in [0.1, 0.15) is 24.5 Å². The molecule has 2 heterocycles. The van der Waals surface area contributed by atoms with Crippen LogP contribution in [0.3, 0.4) is 0 Å². The molecule has 0 spiro atoms. The molecular weight excluding hydrogens is 469 g/mol. The number of amides is 1. The Morgan fingerprint density at radius 2 is 1.91 bits per heavy atom. The van der Waals surface area contributed by atoms with Gasteiger partial charge in [-0.3, -0.25) is 10.2 Å². The quantitative estimate of drug-likeness (QED) is 0.386. The van der Waals surface area contributed by atoms with Crippen LogP contribution in [0, 0.1) is 11.3 Å². The normalized spacial score (nSPS) is 20.3. The molecule has 1 aliphatic rings. The first kappa shape index (κ1) is 26.1. The second-order valence-corrected chi connectivity index (χ2v) is 8.44. The van der Waals surface area contributed by atoms with Gasteiger partial charge in [0.25, 0.3) is 11.8 Å². The standard InChI is InChI=1S/C24H26F5N5O/c1-15-10-23(25,26)14-34(19(15)13-33-20-9-8-17(11-32-20)24(27,28)29)22(35)21(30)18(12-31-2)16-6-4-3-5-7-16/h3-9,11-12,15,19,30-31H,10,13-14H2,1-2H3,(H,32,33)/b18-12-,30-21?. The molecule has 11 heteroatoms. The summed E-state index contributed by atoms with van der Waals surface area (Å²) in [5.41, 5.74) is -0.548. The van der Waals surface area contributed by atoms with Crippen LogP contribution >= 0.6 is 0 Å². The third kappa shape index (κ3) is 6.34. The van der Waals surface area contributed by atoms with Crippen molar-refractivity contribution in [3.8, 4) is 0 Å². The van der Waals surface area contributed by atoms with Crippen molar-refractivity contribution in [3.63, 3.8) is 0 Å². The van der Waals surface area contributed by atoms with Gasteiger partial charge in [-0.2, -0.15) is 13.2 Å². The van der Waals surface area contributed by atoms with E-state index >= 15 is 0 Å². The number of nitrogens with zero attached hydrogens (tertiary/aromatic N) is 2. The van der Waals surface area contributed by atoms with Gasteiger partial charge in [0.1, 0.15) is 11.5 Å². The molecule has 3 N–H and O–H groups in total. The van der Waals surface area contributed by atoms with E-state index in [2.05, 4.69) is 15.6 Å². The summed E-state index contributed by atoms with van der Waals surface area (Å²) in [6, 6.07) is 9.91. The molecule has 0 saturated carbocycles. The number of pyridine rings is 1. The van der Waals surface area contributed by atoms with Crippen LogP contribution < -0.4 is 10.6 Å². The van der Waals surface area contributed by atoms with Crippen molar-refractivity contribution in [1.29, 1.82) is 5.41 Å². The van der Waals surface area contributed by atoms with E-state index in [1.165, 1.54) is 6.20 Å². The van der Waals surface area contributed by atoms with Gasteiger partial charge in [-0.1, -0.05) is 37.3 Å². The second-order valence-electron chi connectivity index (χ2n) is 8.44. The largest absolute Gasteiger partial charge is 0.417 e. The Labute approximate surface area is 199 Å². The van der Waals surface area contributed by atoms with E-state index in [1.54, 1.807) is 44.3 Å². The average Bonchev–Trinajstić information content (AvgIpc) is 2.80. The molecule has 3 rings (SSSR count). The predicted octanol–water partition coefficient (Wildman–Crippen LogP) is 4.66. The minimum absolute atomic E-state index is 0.0228. The van der Waals surface area contributed by atoms with Gasteiger partial charge in [0.05, 0.1) is 18.2 Å². The molecule has 1 saturated heterocycles. The maximum Gasteiger partial charge on any atom is 0.417 e. The van der Waals surface area contributed by atoms with Gasteiger partial charge in [-0.25, -0.2) is 13.8 Å². The third-order valence-electron chi connectivity index (χ3n) is 5.78. The SMILES string of the molecule is CN/C=C(\C(=N)C(=O)N1CC(F)(F)CC(C)C1CNc1ccc(C(F)(F)F)cn1)c1ccccc1. The first-order valence-electron chi connectivity index (χ1n) is 10.9. The lowest BCUT2D eigenvalue weighted by molar-refractivity contribution is -0.145. The van der Waals surface area contributed by atoms with E-state index in [-0.39, 0.29) is 17.9 Å². The van der Waals surface area contributed by atoms with E-state index < -0.39 is 54.2 Å². The van der Waals surface area contributed by atoms with Gasteiger partial charge in [0, 0.05) is 38.0 Å². The highest BCUT2D eigenvalue weighted by Gasteiger charge is 2.46. The molecule has 0 bridgehead atoms. The summed E-state index contributed by atoms with van der Waals surface area (Å²) in [5.74, 6) is -4.54. The van der Waals surface area contributed by atoms with E-state index in [1.807, 2.05) is 0 Å². The highest BCUT2D eigenvalue weighted by Crippen LogP contribution is 2.35. The van der Waals surface area contributed by atoms with Crippen molar-refractivity contribution in [1.82, 2.24) is 15.2 Å². The number of nitrogens with one attached hydrogen (secondary N) is 3. The first-order chi connectivity index (χ1) is 16.4. The fourth-order valence-corrected chi connectivity index (χ4v) is 4.08. The molecule has 1 aliphatic heterocycles. The Bertz CT molecular complexity index is 1070. The maximum atomic E-state index is 14.5. The highest BCUT2D eigenvalue weighted by atomic mass is 19.4. The summed E-state index contributed by atoms with van der Waals surface area (Å²) in [4.78, 5) is 18.0. The molecule has 1 aromatic heterocycles. The van der Waals surface area contributed by atoms with Gasteiger partial charge in [0.2, 0.25) is 0 Å². The van der Waals surface area contributed by atoms with E-state index in [0.717, 1.165) is 17.0 Å². The number of halogens is 5. The van der Waals surface area contributed by atoms with Gasteiger partial charge in [0.15, 0.2) is 0 Å². The molecule has 2 atom stereocenters. The lowest BCUT2D eigenvalue weighted by atomic mass is 9.87. The Hall–Kier alpha value is -3.50. The van der Waals surface area contributed by atoms with E-state index in [0.29, 0.717) is 11.8 Å². The van der Waals surface area contributed by atoms with Crippen molar-refractivity contribution in [2.75, 3.05) is 25.5 Å².